The Morgan fingerprint density at radius 1 is 1.58 bits per heavy atom. The molecule has 0 bridgehead atoms. The van der Waals surface area contributed by atoms with Crippen molar-refractivity contribution < 1.29 is 24.3 Å². The molecule has 3 atom stereocenters. The van der Waals surface area contributed by atoms with Gasteiger partial charge in [-0.15, -0.1) is 0 Å². The number of hydrogen-bond donors (Lipinski definition) is 2. The van der Waals surface area contributed by atoms with E-state index in [0.29, 0.717) is 0 Å². The molecule has 12 heavy (non-hydrogen) atoms. The van der Waals surface area contributed by atoms with Crippen LogP contribution >= 0.6 is 0 Å². The molecule has 0 aliphatic carbocycles. The van der Waals surface area contributed by atoms with Crippen LogP contribution in [0.2, 0.25) is 0 Å². The van der Waals surface area contributed by atoms with E-state index in [1.807, 2.05) is 0 Å². The third kappa shape index (κ3) is 2.18. The SMILES string of the molecule is [B]OC(CO)C1COC(CO)O1. The van der Waals surface area contributed by atoms with E-state index >= 15 is 0 Å². The van der Waals surface area contributed by atoms with Crippen LogP contribution in [0.15, 0.2) is 0 Å². The summed E-state index contributed by atoms with van der Waals surface area (Å²) in [5.74, 6) is 0. The largest absolute Gasteiger partial charge is 0.440 e. The smallest absolute Gasteiger partial charge is 0.283 e. The van der Waals surface area contributed by atoms with Crippen molar-refractivity contribution in [3.05, 3.63) is 0 Å². The first-order chi connectivity index (χ1) is 5.81. The standard InChI is InChI=1S/C6H11BO5/c7-12-4(1-8)5-3-10-6(2-9)11-5/h4-6,8-9H,1-3H2. The van der Waals surface area contributed by atoms with E-state index in [2.05, 4.69) is 4.65 Å². The zero-order valence-electron chi connectivity index (χ0n) is 6.55. The van der Waals surface area contributed by atoms with E-state index < -0.39 is 18.5 Å². The van der Waals surface area contributed by atoms with Gasteiger partial charge >= 0.3 is 0 Å². The average molecular weight is 174 g/mol. The summed E-state index contributed by atoms with van der Waals surface area (Å²) in [6.07, 6.45) is -1.63. The molecular weight excluding hydrogens is 163 g/mol. The third-order valence-corrected chi connectivity index (χ3v) is 1.69. The van der Waals surface area contributed by atoms with Gasteiger partial charge in [-0.05, 0) is 0 Å². The monoisotopic (exact) mass is 174 g/mol. The van der Waals surface area contributed by atoms with Crippen LogP contribution < -0.4 is 0 Å². The molecule has 68 valence electrons. The summed E-state index contributed by atoms with van der Waals surface area (Å²) in [6.45, 7) is -0.171. The topological polar surface area (TPSA) is 68.2 Å². The molecule has 1 aliphatic heterocycles. The van der Waals surface area contributed by atoms with Gasteiger partial charge in [0.1, 0.15) is 6.10 Å². The van der Waals surface area contributed by atoms with Crippen molar-refractivity contribution in [2.45, 2.75) is 18.5 Å². The van der Waals surface area contributed by atoms with Gasteiger partial charge in [0.05, 0.1) is 25.9 Å². The van der Waals surface area contributed by atoms with E-state index in [1.165, 1.54) is 0 Å². The quantitative estimate of drug-likeness (QED) is 0.491. The first-order valence-electron chi connectivity index (χ1n) is 3.66. The Morgan fingerprint density at radius 3 is 2.75 bits per heavy atom. The molecule has 1 saturated heterocycles. The maximum Gasteiger partial charge on any atom is 0.283 e. The van der Waals surface area contributed by atoms with Gasteiger partial charge in [0.25, 0.3) is 8.05 Å². The van der Waals surface area contributed by atoms with Gasteiger partial charge in [0, 0.05) is 0 Å². The highest BCUT2D eigenvalue weighted by molar-refractivity contribution is 5.98. The molecule has 0 aromatic heterocycles. The van der Waals surface area contributed by atoms with Crippen molar-refractivity contribution in [3.63, 3.8) is 0 Å². The first kappa shape index (κ1) is 9.95. The summed E-state index contributed by atoms with van der Waals surface area (Å²) >= 11 is 0. The summed E-state index contributed by atoms with van der Waals surface area (Å²) in [5.41, 5.74) is 0. The third-order valence-electron chi connectivity index (χ3n) is 1.69. The number of rotatable bonds is 4. The molecule has 5 nitrogen and oxygen atoms in total. The Labute approximate surface area is 71.7 Å². The fourth-order valence-corrected chi connectivity index (χ4v) is 1.01. The van der Waals surface area contributed by atoms with Gasteiger partial charge in [-0.3, -0.25) is 0 Å². The lowest BCUT2D eigenvalue weighted by Gasteiger charge is -2.18. The van der Waals surface area contributed by atoms with Gasteiger partial charge < -0.3 is 24.3 Å². The zero-order chi connectivity index (χ0) is 8.97. The number of aliphatic hydroxyl groups is 2. The minimum absolute atomic E-state index is 0.209. The van der Waals surface area contributed by atoms with Crippen LogP contribution in [0.25, 0.3) is 0 Å². The molecule has 1 aliphatic rings. The van der Waals surface area contributed by atoms with Crippen LogP contribution in [0.5, 0.6) is 0 Å². The van der Waals surface area contributed by atoms with E-state index in [4.69, 9.17) is 27.7 Å². The van der Waals surface area contributed by atoms with Crippen molar-refractivity contribution in [1.29, 1.82) is 0 Å². The summed E-state index contributed by atoms with van der Waals surface area (Å²) in [7, 11) is 4.89. The van der Waals surface area contributed by atoms with Crippen molar-refractivity contribution in [1.82, 2.24) is 0 Å². The van der Waals surface area contributed by atoms with Gasteiger partial charge in [0.2, 0.25) is 0 Å². The molecule has 0 aromatic rings. The van der Waals surface area contributed by atoms with Crippen molar-refractivity contribution >= 4 is 8.05 Å². The molecule has 1 heterocycles. The van der Waals surface area contributed by atoms with Crippen LogP contribution in [-0.4, -0.2) is 56.6 Å². The van der Waals surface area contributed by atoms with E-state index in [-0.39, 0.29) is 19.8 Å². The summed E-state index contributed by atoms with van der Waals surface area (Å²) < 4.78 is 14.5. The van der Waals surface area contributed by atoms with E-state index in [0.717, 1.165) is 0 Å². The van der Waals surface area contributed by atoms with Gasteiger partial charge in [-0.25, -0.2) is 0 Å². The highest BCUT2D eigenvalue weighted by Crippen LogP contribution is 2.15. The molecule has 2 N–H and O–H groups in total. The molecule has 6 heteroatoms. The van der Waals surface area contributed by atoms with Crippen molar-refractivity contribution in [2.75, 3.05) is 19.8 Å². The summed E-state index contributed by atoms with van der Waals surface area (Å²) in [6, 6.07) is 0. The van der Waals surface area contributed by atoms with Gasteiger partial charge in [-0.2, -0.15) is 0 Å². The second-order valence-electron chi connectivity index (χ2n) is 2.48. The Hall–Kier alpha value is -0.135. The Bertz CT molecular complexity index is 129. The lowest BCUT2D eigenvalue weighted by molar-refractivity contribution is -0.105. The van der Waals surface area contributed by atoms with E-state index in [1.54, 1.807) is 0 Å². The normalized spacial score (nSPS) is 32.2. The highest BCUT2D eigenvalue weighted by atomic mass is 16.7. The first-order valence-corrected chi connectivity index (χ1v) is 3.66. The predicted octanol–water partition coefficient (Wildman–Crippen LogP) is -1.82. The number of ether oxygens (including phenoxy) is 2. The Morgan fingerprint density at radius 2 is 2.33 bits per heavy atom. The lowest BCUT2D eigenvalue weighted by atomic mass is 10.2. The van der Waals surface area contributed by atoms with Crippen molar-refractivity contribution in [2.24, 2.45) is 0 Å². The molecule has 0 amide bonds. The summed E-state index contributed by atoms with van der Waals surface area (Å²) in [4.78, 5) is 0. The van der Waals surface area contributed by atoms with Crippen LogP contribution in [0.1, 0.15) is 0 Å². The molecule has 0 aromatic carbocycles. The van der Waals surface area contributed by atoms with E-state index in [9.17, 15) is 0 Å². The van der Waals surface area contributed by atoms with Crippen LogP contribution in [-0.2, 0) is 14.1 Å². The molecule has 2 radical (unpaired) electrons. The lowest BCUT2D eigenvalue weighted by Crippen LogP contribution is -2.34. The Kier molecular flexibility index (Phi) is 3.97. The maximum absolute atomic E-state index is 8.74. The van der Waals surface area contributed by atoms with Gasteiger partial charge in [0.15, 0.2) is 6.29 Å². The minimum atomic E-state index is -0.626. The van der Waals surface area contributed by atoms with Gasteiger partial charge in [-0.1, -0.05) is 0 Å². The fraction of sp³-hybridized carbons (Fsp3) is 1.00. The number of hydrogen-bond acceptors (Lipinski definition) is 5. The molecule has 1 fully saturated rings. The second-order valence-corrected chi connectivity index (χ2v) is 2.48. The summed E-state index contributed by atoms with van der Waals surface area (Å²) in [5, 5.41) is 17.4. The van der Waals surface area contributed by atoms with Crippen LogP contribution in [0.4, 0.5) is 0 Å². The maximum atomic E-state index is 8.74. The fourth-order valence-electron chi connectivity index (χ4n) is 1.01. The zero-order valence-corrected chi connectivity index (χ0v) is 6.55. The van der Waals surface area contributed by atoms with Crippen LogP contribution in [0.3, 0.4) is 0 Å². The minimum Gasteiger partial charge on any atom is -0.440 e. The van der Waals surface area contributed by atoms with Crippen LogP contribution in [0, 0.1) is 0 Å². The molecule has 1 rings (SSSR count). The second kappa shape index (κ2) is 4.79. The highest BCUT2D eigenvalue weighted by Gasteiger charge is 2.31. The number of aliphatic hydroxyl groups excluding tert-OH is 2. The molecular formula is C6H11BO5. The van der Waals surface area contributed by atoms with Crippen molar-refractivity contribution in [3.8, 4) is 0 Å². The molecule has 0 saturated carbocycles. The molecule has 0 spiro atoms. The average Bonchev–Trinajstić information content (AvgIpc) is 2.55. The predicted molar refractivity (Wildman–Crippen MR) is 39.4 cm³/mol. The Balaban J connectivity index is 2.34. The molecule has 3 unspecified atom stereocenters.